The number of benzene rings is 1. The van der Waals surface area contributed by atoms with Gasteiger partial charge in [0.05, 0.1) is 13.7 Å². The molecule has 0 saturated heterocycles. The zero-order chi connectivity index (χ0) is 16.4. The molecule has 0 fully saturated rings. The Bertz CT molecular complexity index is 458. The van der Waals surface area contributed by atoms with Crippen LogP contribution >= 0.6 is 0 Å². The van der Waals surface area contributed by atoms with Crippen molar-refractivity contribution in [3.63, 3.8) is 0 Å². The van der Waals surface area contributed by atoms with Crippen LogP contribution in [0.15, 0.2) is 24.3 Å². The van der Waals surface area contributed by atoms with Crippen molar-refractivity contribution in [2.75, 3.05) is 26.9 Å². The van der Waals surface area contributed by atoms with Crippen molar-refractivity contribution >= 4 is 6.08 Å². The standard InChI is InChI=1S/C17H27NO4/c1-4-6-13-7-8-16(17(9-13)21-3)22-12-15(20)10-18-14(5-2)11-19/h4,6-9,14-15,18-20H,5,10-12H2,1-3H3/b6-4+/t14-,15-/m1/s1. The quantitative estimate of drug-likeness (QED) is 0.615. The van der Waals surface area contributed by atoms with Crippen LogP contribution in [0.1, 0.15) is 25.8 Å². The molecule has 1 aromatic rings. The summed E-state index contributed by atoms with van der Waals surface area (Å²) < 4.78 is 10.9. The second kappa shape index (κ2) is 10.2. The maximum absolute atomic E-state index is 9.93. The molecule has 5 nitrogen and oxygen atoms in total. The van der Waals surface area contributed by atoms with Crippen LogP contribution in [-0.2, 0) is 0 Å². The Balaban J connectivity index is 2.52. The fourth-order valence-corrected chi connectivity index (χ4v) is 1.99. The molecule has 0 saturated carbocycles. The number of aliphatic hydroxyl groups is 2. The number of allylic oxidation sites excluding steroid dienone is 1. The van der Waals surface area contributed by atoms with E-state index in [0.717, 1.165) is 12.0 Å². The van der Waals surface area contributed by atoms with Gasteiger partial charge in [-0.1, -0.05) is 25.1 Å². The Labute approximate surface area is 132 Å². The van der Waals surface area contributed by atoms with Crippen molar-refractivity contribution in [2.24, 2.45) is 0 Å². The van der Waals surface area contributed by atoms with Gasteiger partial charge in [-0.15, -0.1) is 0 Å². The second-order valence-corrected chi connectivity index (χ2v) is 5.07. The SMILES string of the molecule is C/C=C/c1ccc(OC[C@H](O)CN[C@H](CC)CO)c(OC)c1. The zero-order valence-electron chi connectivity index (χ0n) is 13.6. The minimum atomic E-state index is -0.652. The van der Waals surface area contributed by atoms with E-state index in [1.54, 1.807) is 7.11 Å². The summed E-state index contributed by atoms with van der Waals surface area (Å²) in [5.41, 5.74) is 1.03. The van der Waals surface area contributed by atoms with E-state index >= 15 is 0 Å². The molecule has 0 unspecified atom stereocenters. The topological polar surface area (TPSA) is 71.0 Å². The van der Waals surface area contributed by atoms with Gasteiger partial charge in [-0.3, -0.25) is 0 Å². The van der Waals surface area contributed by atoms with Crippen molar-refractivity contribution in [2.45, 2.75) is 32.4 Å². The molecule has 0 aliphatic heterocycles. The number of nitrogens with one attached hydrogen (secondary N) is 1. The van der Waals surface area contributed by atoms with Gasteiger partial charge in [0.1, 0.15) is 12.7 Å². The molecule has 0 amide bonds. The van der Waals surface area contributed by atoms with Crippen molar-refractivity contribution in [3.05, 3.63) is 29.8 Å². The van der Waals surface area contributed by atoms with Gasteiger partial charge in [-0.2, -0.15) is 0 Å². The summed E-state index contributed by atoms with van der Waals surface area (Å²) in [6, 6.07) is 5.65. The molecule has 0 bridgehead atoms. The largest absolute Gasteiger partial charge is 0.493 e. The smallest absolute Gasteiger partial charge is 0.161 e. The summed E-state index contributed by atoms with van der Waals surface area (Å²) in [6.45, 7) is 4.53. The first-order chi connectivity index (χ1) is 10.6. The van der Waals surface area contributed by atoms with Crippen LogP contribution < -0.4 is 14.8 Å². The fraction of sp³-hybridized carbons (Fsp3) is 0.529. The molecule has 0 aliphatic rings. The van der Waals surface area contributed by atoms with E-state index in [0.29, 0.717) is 18.0 Å². The fourth-order valence-electron chi connectivity index (χ4n) is 1.99. The zero-order valence-corrected chi connectivity index (χ0v) is 13.6. The summed E-state index contributed by atoms with van der Waals surface area (Å²) >= 11 is 0. The normalized spacial score (nSPS) is 14.0. The van der Waals surface area contributed by atoms with Gasteiger partial charge >= 0.3 is 0 Å². The molecule has 124 valence electrons. The Kier molecular flexibility index (Phi) is 8.58. The lowest BCUT2D eigenvalue weighted by atomic mass is 10.2. The maximum atomic E-state index is 9.93. The minimum Gasteiger partial charge on any atom is -0.493 e. The Morgan fingerprint density at radius 3 is 2.68 bits per heavy atom. The van der Waals surface area contributed by atoms with Gasteiger partial charge in [0.25, 0.3) is 0 Å². The highest BCUT2D eigenvalue weighted by molar-refractivity contribution is 5.55. The third-order valence-corrected chi connectivity index (χ3v) is 3.33. The van der Waals surface area contributed by atoms with Crippen LogP contribution in [0.25, 0.3) is 6.08 Å². The van der Waals surface area contributed by atoms with Crippen LogP contribution in [0.3, 0.4) is 0 Å². The van der Waals surface area contributed by atoms with E-state index < -0.39 is 6.10 Å². The molecule has 0 radical (unpaired) electrons. The van der Waals surface area contributed by atoms with E-state index in [9.17, 15) is 5.11 Å². The molecular formula is C17H27NO4. The van der Waals surface area contributed by atoms with Gasteiger partial charge < -0.3 is 25.0 Å². The van der Waals surface area contributed by atoms with E-state index in [-0.39, 0.29) is 19.3 Å². The highest BCUT2D eigenvalue weighted by Crippen LogP contribution is 2.28. The lowest BCUT2D eigenvalue weighted by Crippen LogP contribution is -2.39. The summed E-state index contributed by atoms with van der Waals surface area (Å²) in [4.78, 5) is 0. The van der Waals surface area contributed by atoms with E-state index in [2.05, 4.69) is 5.32 Å². The Hall–Kier alpha value is -1.56. The lowest BCUT2D eigenvalue weighted by molar-refractivity contribution is 0.0980. The van der Waals surface area contributed by atoms with Gasteiger partial charge in [0.2, 0.25) is 0 Å². The summed E-state index contributed by atoms with van der Waals surface area (Å²) in [6.07, 6.45) is 4.09. The molecule has 3 N–H and O–H groups in total. The predicted octanol–water partition coefficient (Wildman–Crippen LogP) is 1.83. The van der Waals surface area contributed by atoms with Crippen molar-refractivity contribution in [1.82, 2.24) is 5.32 Å². The summed E-state index contributed by atoms with van der Waals surface area (Å²) in [5, 5.41) is 22.1. The summed E-state index contributed by atoms with van der Waals surface area (Å²) in [7, 11) is 1.59. The number of ether oxygens (including phenoxy) is 2. The van der Waals surface area contributed by atoms with Crippen LogP contribution in [0.5, 0.6) is 11.5 Å². The Morgan fingerprint density at radius 2 is 2.09 bits per heavy atom. The molecule has 5 heteroatoms. The Morgan fingerprint density at radius 1 is 1.32 bits per heavy atom. The molecule has 22 heavy (non-hydrogen) atoms. The maximum Gasteiger partial charge on any atom is 0.161 e. The third-order valence-electron chi connectivity index (χ3n) is 3.33. The first-order valence-corrected chi connectivity index (χ1v) is 7.60. The molecule has 2 atom stereocenters. The van der Waals surface area contributed by atoms with Gasteiger partial charge in [0, 0.05) is 12.6 Å². The lowest BCUT2D eigenvalue weighted by Gasteiger charge is -2.18. The number of aliphatic hydroxyl groups excluding tert-OH is 2. The number of rotatable bonds is 10. The first-order valence-electron chi connectivity index (χ1n) is 7.60. The first kappa shape index (κ1) is 18.5. The number of methoxy groups -OCH3 is 1. The van der Waals surface area contributed by atoms with Gasteiger partial charge in [0.15, 0.2) is 11.5 Å². The van der Waals surface area contributed by atoms with Crippen molar-refractivity contribution in [1.29, 1.82) is 0 Å². The number of hydrogen-bond acceptors (Lipinski definition) is 5. The number of hydrogen-bond donors (Lipinski definition) is 3. The molecule has 0 aliphatic carbocycles. The van der Waals surface area contributed by atoms with E-state index in [1.807, 2.05) is 44.2 Å². The summed E-state index contributed by atoms with van der Waals surface area (Å²) in [5.74, 6) is 1.24. The van der Waals surface area contributed by atoms with Crippen molar-refractivity contribution in [3.8, 4) is 11.5 Å². The van der Waals surface area contributed by atoms with E-state index in [4.69, 9.17) is 14.6 Å². The average molecular weight is 309 g/mol. The van der Waals surface area contributed by atoms with Crippen LogP contribution in [0.2, 0.25) is 0 Å². The molecular weight excluding hydrogens is 282 g/mol. The van der Waals surface area contributed by atoms with Crippen LogP contribution in [0, 0.1) is 0 Å². The third kappa shape index (κ3) is 6.05. The van der Waals surface area contributed by atoms with Crippen LogP contribution in [0.4, 0.5) is 0 Å². The highest BCUT2D eigenvalue weighted by Gasteiger charge is 2.11. The monoisotopic (exact) mass is 309 g/mol. The molecule has 1 aromatic carbocycles. The van der Waals surface area contributed by atoms with Crippen LogP contribution in [-0.4, -0.2) is 49.2 Å². The minimum absolute atomic E-state index is 0.00398. The second-order valence-electron chi connectivity index (χ2n) is 5.07. The van der Waals surface area contributed by atoms with Gasteiger partial charge in [-0.25, -0.2) is 0 Å². The molecule has 1 rings (SSSR count). The molecule has 0 heterocycles. The molecule has 0 spiro atoms. The highest BCUT2D eigenvalue weighted by atomic mass is 16.5. The van der Waals surface area contributed by atoms with Gasteiger partial charge in [-0.05, 0) is 31.0 Å². The molecule has 0 aromatic heterocycles. The predicted molar refractivity (Wildman–Crippen MR) is 88.4 cm³/mol. The average Bonchev–Trinajstić information content (AvgIpc) is 2.54. The van der Waals surface area contributed by atoms with E-state index in [1.165, 1.54) is 0 Å². The van der Waals surface area contributed by atoms with Crippen molar-refractivity contribution < 1.29 is 19.7 Å².